The second kappa shape index (κ2) is 6.27. The summed E-state index contributed by atoms with van der Waals surface area (Å²) < 4.78 is 5.43. The smallest absolute Gasteiger partial charge is 0.410 e. The van der Waals surface area contributed by atoms with Gasteiger partial charge >= 0.3 is 6.09 Å². The molecule has 1 aliphatic heterocycles. The Morgan fingerprint density at radius 2 is 1.91 bits per heavy atom. The number of nitrogens with zero attached hydrogens (tertiary/aromatic N) is 3. The number of hydrogen-bond donors (Lipinski definition) is 0. The minimum atomic E-state index is -0.468. The molecule has 0 saturated carbocycles. The number of hydrogen-bond acceptors (Lipinski definition) is 4. The molecule has 0 bridgehead atoms. The first kappa shape index (κ1) is 16.2. The third kappa shape index (κ3) is 3.91. The van der Waals surface area contributed by atoms with Crippen LogP contribution in [0.4, 0.5) is 10.5 Å². The van der Waals surface area contributed by atoms with Crippen molar-refractivity contribution in [2.24, 2.45) is 0 Å². The van der Waals surface area contributed by atoms with Crippen molar-refractivity contribution in [3.63, 3.8) is 0 Å². The molecule has 0 aliphatic carbocycles. The highest BCUT2D eigenvalue weighted by Gasteiger charge is 2.29. The zero-order chi connectivity index (χ0) is 16.3. The van der Waals surface area contributed by atoms with Gasteiger partial charge in [0.05, 0.1) is 11.6 Å². The Kier molecular flexibility index (Phi) is 4.60. The number of nitriles is 1. The summed E-state index contributed by atoms with van der Waals surface area (Å²) in [7, 11) is 0. The lowest BCUT2D eigenvalue weighted by atomic mass is 10.1. The molecule has 1 aliphatic rings. The van der Waals surface area contributed by atoms with Gasteiger partial charge < -0.3 is 14.5 Å². The lowest BCUT2D eigenvalue weighted by Crippen LogP contribution is -2.54. The topological polar surface area (TPSA) is 56.6 Å². The maximum absolute atomic E-state index is 12.1. The molecule has 22 heavy (non-hydrogen) atoms. The van der Waals surface area contributed by atoms with Gasteiger partial charge in [-0.05, 0) is 52.0 Å². The first-order valence-corrected chi connectivity index (χ1v) is 7.55. The van der Waals surface area contributed by atoms with E-state index in [1.54, 1.807) is 4.90 Å². The van der Waals surface area contributed by atoms with Crippen molar-refractivity contribution < 1.29 is 9.53 Å². The summed E-state index contributed by atoms with van der Waals surface area (Å²) in [4.78, 5) is 16.1. The molecule has 1 saturated heterocycles. The molecule has 0 radical (unpaired) electrons. The van der Waals surface area contributed by atoms with E-state index in [1.807, 2.05) is 45.0 Å². The fraction of sp³-hybridized carbons (Fsp3) is 0.529. The van der Waals surface area contributed by atoms with Crippen LogP contribution in [0, 0.1) is 11.3 Å². The van der Waals surface area contributed by atoms with E-state index in [0.717, 1.165) is 12.2 Å². The number of benzene rings is 1. The highest BCUT2D eigenvalue weighted by Crippen LogP contribution is 2.22. The summed E-state index contributed by atoms with van der Waals surface area (Å²) in [5.74, 6) is 0. The Morgan fingerprint density at radius 3 is 2.41 bits per heavy atom. The second-order valence-electron chi connectivity index (χ2n) is 6.63. The van der Waals surface area contributed by atoms with Crippen LogP contribution in [0.15, 0.2) is 24.3 Å². The van der Waals surface area contributed by atoms with Gasteiger partial charge in [0.1, 0.15) is 5.60 Å². The Labute approximate surface area is 132 Å². The van der Waals surface area contributed by atoms with Crippen LogP contribution in [-0.4, -0.2) is 42.3 Å². The van der Waals surface area contributed by atoms with Gasteiger partial charge in [-0.3, -0.25) is 0 Å². The molecule has 0 aromatic heterocycles. The number of piperazine rings is 1. The number of carbonyl (C=O) groups excluding carboxylic acids is 1. The van der Waals surface area contributed by atoms with Gasteiger partial charge in [-0.25, -0.2) is 4.79 Å². The highest BCUT2D eigenvalue weighted by atomic mass is 16.6. The van der Waals surface area contributed by atoms with Crippen LogP contribution in [0.2, 0.25) is 0 Å². The van der Waals surface area contributed by atoms with Gasteiger partial charge in [0.2, 0.25) is 0 Å². The predicted molar refractivity (Wildman–Crippen MR) is 85.8 cm³/mol. The molecule has 118 valence electrons. The summed E-state index contributed by atoms with van der Waals surface area (Å²) in [6, 6.07) is 9.88. The average molecular weight is 301 g/mol. The number of rotatable bonds is 1. The Balaban J connectivity index is 2.00. The van der Waals surface area contributed by atoms with E-state index in [1.165, 1.54) is 0 Å². The van der Waals surface area contributed by atoms with Crippen molar-refractivity contribution in [2.75, 3.05) is 24.5 Å². The van der Waals surface area contributed by atoms with Gasteiger partial charge in [-0.2, -0.15) is 5.26 Å². The molecule has 0 spiro atoms. The number of amides is 1. The molecule has 1 amide bonds. The summed E-state index contributed by atoms with van der Waals surface area (Å²) in [5.41, 5.74) is 1.27. The standard InChI is InChI=1S/C17H23N3O2/c1-13-12-19(16(21)22-17(2,3)4)9-10-20(13)15-7-5-14(11-18)6-8-15/h5-8,13H,9-10,12H2,1-4H3/t13-/m1/s1. The molecule has 1 heterocycles. The Bertz CT molecular complexity index is 569. The maximum atomic E-state index is 12.1. The first-order valence-electron chi connectivity index (χ1n) is 7.55. The molecular formula is C17H23N3O2. The van der Waals surface area contributed by atoms with Crippen LogP contribution in [0.25, 0.3) is 0 Å². The second-order valence-corrected chi connectivity index (χ2v) is 6.63. The third-order valence-electron chi connectivity index (χ3n) is 3.61. The van der Waals surface area contributed by atoms with E-state index >= 15 is 0 Å². The summed E-state index contributed by atoms with van der Waals surface area (Å²) >= 11 is 0. The molecular weight excluding hydrogens is 278 g/mol. The molecule has 2 rings (SSSR count). The Morgan fingerprint density at radius 1 is 1.27 bits per heavy atom. The molecule has 1 aromatic carbocycles. The minimum absolute atomic E-state index is 0.203. The van der Waals surface area contributed by atoms with E-state index in [4.69, 9.17) is 10.00 Å². The van der Waals surface area contributed by atoms with Gasteiger partial charge in [0.15, 0.2) is 0 Å². The summed E-state index contributed by atoms with van der Waals surface area (Å²) in [6.45, 7) is 9.75. The number of carbonyl (C=O) groups is 1. The molecule has 0 N–H and O–H groups in total. The van der Waals surface area contributed by atoms with Crippen molar-refractivity contribution >= 4 is 11.8 Å². The van der Waals surface area contributed by atoms with Gasteiger partial charge in [0.25, 0.3) is 0 Å². The normalized spacial score (nSPS) is 18.8. The van der Waals surface area contributed by atoms with Gasteiger partial charge in [-0.15, -0.1) is 0 Å². The lowest BCUT2D eigenvalue weighted by Gasteiger charge is -2.41. The van der Waals surface area contributed by atoms with Crippen LogP contribution in [0.3, 0.4) is 0 Å². The van der Waals surface area contributed by atoms with Crippen molar-refractivity contribution in [2.45, 2.75) is 39.3 Å². The molecule has 1 fully saturated rings. The quantitative estimate of drug-likeness (QED) is 0.800. The van der Waals surface area contributed by atoms with Crippen LogP contribution in [0.5, 0.6) is 0 Å². The zero-order valence-corrected chi connectivity index (χ0v) is 13.7. The molecule has 1 atom stereocenters. The number of ether oxygens (including phenoxy) is 1. The van der Waals surface area contributed by atoms with Crippen LogP contribution >= 0.6 is 0 Å². The monoisotopic (exact) mass is 301 g/mol. The van der Waals surface area contributed by atoms with E-state index in [-0.39, 0.29) is 12.1 Å². The average Bonchev–Trinajstić information content (AvgIpc) is 2.45. The largest absolute Gasteiger partial charge is 0.444 e. The van der Waals surface area contributed by atoms with Crippen LogP contribution < -0.4 is 4.90 Å². The fourth-order valence-electron chi connectivity index (χ4n) is 2.56. The van der Waals surface area contributed by atoms with Crippen molar-refractivity contribution in [3.05, 3.63) is 29.8 Å². The molecule has 5 heteroatoms. The van der Waals surface area contributed by atoms with Gasteiger partial charge in [-0.1, -0.05) is 0 Å². The van der Waals surface area contributed by atoms with E-state index in [0.29, 0.717) is 18.7 Å². The van der Waals surface area contributed by atoms with Crippen molar-refractivity contribution in [1.82, 2.24) is 4.90 Å². The Hall–Kier alpha value is -2.22. The zero-order valence-electron chi connectivity index (χ0n) is 13.7. The van der Waals surface area contributed by atoms with Crippen molar-refractivity contribution in [1.29, 1.82) is 5.26 Å². The molecule has 0 unspecified atom stereocenters. The fourth-order valence-corrected chi connectivity index (χ4v) is 2.56. The van der Waals surface area contributed by atoms with Crippen LogP contribution in [-0.2, 0) is 4.74 Å². The molecule has 1 aromatic rings. The number of anilines is 1. The first-order chi connectivity index (χ1) is 10.3. The summed E-state index contributed by atoms with van der Waals surface area (Å²) in [5, 5.41) is 8.86. The third-order valence-corrected chi connectivity index (χ3v) is 3.61. The van der Waals surface area contributed by atoms with Crippen molar-refractivity contribution in [3.8, 4) is 6.07 Å². The predicted octanol–water partition coefficient (Wildman–Crippen LogP) is 3.00. The lowest BCUT2D eigenvalue weighted by molar-refractivity contribution is 0.0219. The summed E-state index contributed by atoms with van der Waals surface area (Å²) in [6.07, 6.45) is -0.251. The van der Waals surface area contributed by atoms with E-state index in [2.05, 4.69) is 17.9 Å². The molecule has 5 nitrogen and oxygen atoms in total. The van der Waals surface area contributed by atoms with Crippen LogP contribution in [0.1, 0.15) is 33.3 Å². The maximum Gasteiger partial charge on any atom is 0.410 e. The minimum Gasteiger partial charge on any atom is -0.444 e. The van der Waals surface area contributed by atoms with E-state index in [9.17, 15) is 4.79 Å². The van der Waals surface area contributed by atoms with E-state index < -0.39 is 5.60 Å². The van der Waals surface area contributed by atoms with Gasteiger partial charge in [0, 0.05) is 31.4 Å². The SMILES string of the molecule is C[C@@H]1CN(C(=O)OC(C)(C)C)CCN1c1ccc(C#N)cc1. The highest BCUT2D eigenvalue weighted by molar-refractivity contribution is 5.69.